The summed E-state index contributed by atoms with van der Waals surface area (Å²) in [7, 11) is 0. The molecule has 1 aliphatic heterocycles. The summed E-state index contributed by atoms with van der Waals surface area (Å²) in [5.74, 6) is -0.935. The Kier molecular flexibility index (Phi) is 5.77. The molecule has 1 fully saturated rings. The average Bonchev–Trinajstić information content (AvgIpc) is 2.28. The zero-order valence-electron chi connectivity index (χ0n) is 10.5. The van der Waals surface area contributed by atoms with Crippen molar-refractivity contribution in [1.29, 1.82) is 0 Å². The number of hydrogen-bond donors (Lipinski definition) is 1. The average molecular weight is 228 g/mol. The van der Waals surface area contributed by atoms with Gasteiger partial charge in [-0.25, -0.2) is 0 Å². The third kappa shape index (κ3) is 4.49. The Morgan fingerprint density at radius 3 is 2.31 bits per heavy atom. The van der Waals surface area contributed by atoms with E-state index in [4.69, 9.17) is 5.11 Å². The summed E-state index contributed by atoms with van der Waals surface area (Å²) in [5.41, 5.74) is 0. The van der Waals surface area contributed by atoms with E-state index in [9.17, 15) is 4.79 Å². The van der Waals surface area contributed by atoms with Gasteiger partial charge < -0.3 is 10.0 Å². The maximum Gasteiger partial charge on any atom is 0.307 e. The molecule has 0 bridgehead atoms. The number of nitrogens with zero attached hydrogens (tertiary/aromatic N) is 2. The predicted molar refractivity (Wildman–Crippen MR) is 64.6 cm³/mol. The smallest absolute Gasteiger partial charge is 0.307 e. The zero-order valence-corrected chi connectivity index (χ0v) is 10.5. The molecule has 1 atom stereocenters. The quantitative estimate of drug-likeness (QED) is 0.740. The van der Waals surface area contributed by atoms with E-state index in [0.717, 1.165) is 26.2 Å². The van der Waals surface area contributed by atoms with Gasteiger partial charge >= 0.3 is 5.97 Å². The Morgan fingerprint density at radius 1 is 1.25 bits per heavy atom. The second-order valence-corrected chi connectivity index (χ2v) is 4.74. The fraction of sp³-hybridized carbons (Fsp3) is 0.917. The van der Waals surface area contributed by atoms with Crippen LogP contribution in [0.1, 0.15) is 26.7 Å². The van der Waals surface area contributed by atoms with Gasteiger partial charge in [-0.3, -0.25) is 9.69 Å². The van der Waals surface area contributed by atoms with Crippen molar-refractivity contribution in [3.63, 3.8) is 0 Å². The lowest BCUT2D eigenvalue weighted by atomic mass is 10.1. The van der Waals surface area contributed by atoms with Crippen LogP contribution in [0.4, 0.5) is 0 Å². The van der Waals surface area contributed by atoms with Gasteiger partial charge in [-0.1, -0.05) is 20.3 Å². The van der Waals surface area contributed by atoms with E-state index in [0.29, 0.717) is 6.54 Å². The molecular weight excluding hydrogens is 204 g/mol. The molecule has 0 spiro atoms. The van der Waals surface area contributed by atoms with Gasteiger partial charge in [0, 0.05) is 32.7 Å². The van der Waals surface area contributed by atoms with E-state index in [2.05, 4.69) is 16.7 Å². The SMILES string of the molecule is CCCCN1CCN(CC(C)C(=O)O)CC1. The largest absolute Gasteiger partial charge is 0.481 e. The van der Waals surface area contributed by atoms with E-state index >= 15 is 0 Å². The number of carboxylic acids is 1. The molecule has 0 saturated carbocycles. The van der Waals surface area contributed by atoms with Crippen molar-refractivity contribution in [2.45, 2.75) is 26.7 Å². The fourth-order valence-electron chi connectivity index (χ4n) is 2.04. The molecule has 1 N–H and O–H groups in total. The first kappa shape index (κ1) is 13.5. The summed E-state index contributed by atoms with van der Waals surface area (Å²) >= 11 is 0. The van der Waals surface area contributed by atoms with Crippen LogP contribution in [0, 0.1) is 5.92 Å². The van der Waals surface area contributed by atoms with E-state index in [-0.39, 0.29) is 5.92 Å². The van der Waals surface area contributed by atoms with Gasteiger partial charge in [0.25, 0.3) is 0 Å². The van der Waals surface area contributed by atoms with Gasteiger partial charge in [0.05, 0.1) is 5.92 Å². The molecule has 0 aromatic carbocycles. The van der Waals surface area contributed by atoms with Crippen molar-refractivity contribution in [2.24, 2.45) is 5.92 Å². The van der Waals surface area contributed by atoms with Crippen molar-refractivity contribution in [3.8, 4) is 0 Å². The van der Waals surface area contributed by atoms with Crippen LogP contribution in [0.3, 0.4) is 0 Å². The van der Waals surface area contributed by atoms with Crippen molar-refractivity contribution in [3.05, 3.63) is 0 Å². The summed E-state index contributed by atoms with van der Waals surface area (Å²) in [6.07, 6.45) is 2.52. The van der Waals surface area contributed by atoms with Gasteiger partial charge in [-0.05, 0) is 13.0 Å². The third-order valence-electron chi connectivity index (χ3n) is 3.25. The lowest BCUT2D eigenvalue weighted by molar-refractivity contribution is -0.141. The maximum absolute atomic E-state index is 10.7. The number of piperazine rings is 1. The van der Waals surface area contributed by atoms with Crippen LogP contribution in [-0.4, -0.2) is 60.1 Å². The molecule has 4 heteroatoms. The molecule has 16 heavy (non-hydrogen) atoms. The summed E-state index contributed by atoms with van der Waals surface area (Å²) in [4.78, 5) is 15.5. The van der Waals surface area contributed by atoms with Crippen molar-refractivity contribution >= 4 is 5.97 Å². The number of carboxylic acid groups (broad SMARTS) is 1. The Balaban J connectivity index is 2.19. The Labute approximate surface area is 98.2 Å². The van der Waals surface area contributed by atoms with Crippen LogP contribution in [0.15, 0.2) is 0 Å². The van der Waals surface area contributed by atoms with Gasteiger partial charge in [0.15, 0.2) is 0 Å². The summed E-state index contributed by atoms with van der Waals surface area (Å²) in [6.45, 7) is 10.1. The van der Waals surface area contributed by atoms with Crippen LogP contribution in [0.5, 0.6) is 0 Å². The van der Waals surface area contributed by atoms with Crippen LogP contribution in [0.2, 0.25) is 0 Å². The minimum atomic E-state index is -0.687. The third-order valence-corrected chi connectivity index (χ3v) is 3.25. The van der Waals surface area contributed by atoms with Gasteiger partial charge in [-0.2, -0.15) is 0 Å². The molecule has 94 valence electrons. The topological polar surface area (TPSA) is 43.8 Å². The van der Waals surface area contributed by atoms with Crippen molar-refractivity contribution in [1.82, 2.24) is 9.80 Å². The van der Waals surface area contributed by atoms with E-state index < -0.39 is 5.97 Å². The number of aliphatic carboxylic acids is 1. The molecule has 0 aliphatic carbocycles. The summed E-state index contributed by atoms with van der Waals surface area (Å²) < 4.78 is 0. The first-order valence-electron chi connectivity index (χ1n) is 6.31. The Bertz CT molecular complexity index is 213. The minimum absolute atomic E-state index is 0.248. The summed E-state index contributed by atoms with van der Waals surface area (Å²) in [6, 6.07) is 0. The van der Waals surface area contributed by atoms with Crippen LogP contribution >= 0.6 is 0 Å². The normalized spacial score (nSPS) is 20.9. The van der Waals surface area contributed by atoms with Crippen LogP contribution in [-0.2, 0) is 4.79 Å². The lowest BCUT2D eigenvalue weighted by Crippen LogP contribution is -2.48. The molecule has 1 unspecified atom stereocenters. The molecular formula is C12H24N2O2. The number of unbranched alkanes of at least 4 members (excludes halogenated alkanes) is 1. The standard InChI is InChI=1S/C12H24N2O2/c1-3-4-5-13-6-8-14(9-7-13)10-11(2)12(15)16/h11H,3-10H2,1-2H3,(H,15,16). The monoisotopic (exact) mass is 228 g/mol. The second-order valence-electron chi connectivity index (χ2n) is 4.74. The molecule has 0 radical (unpaired) electrons. The van der Waals surface area contributed by atoms with E-state index in [1.54, 1.807) is 6.92 Å². The van der Waals surface area contributed by atoms with Crippen molar-refractivity contribution < 1.29 is 9.90 Å². The van der Waals surface area contributed by atoms with Crippen molar-refractivity contribution in [2.75, 3.05) is 39.3 Å². The lowest BCUT2D eigenvalue weighted by Gasteiger charge is -2.35. The Hall–Kier alpha value is -0.610. The molecule has 1 aliphatic rings. The first-order valence-corrected chi connectivity index (χ1v) is 6.31. The number of rotatable bonds is 6. The minimum Gasteiger partial charge on any atom is -0.481 e. The van der Waals surface area contributed by atoms with Gasteiger partial charge in [-0.15, -0.1) is 0 Å². The highest BCUT2D eigenvalue weighted by Crippen LogP contribution is 2.06. The fourth-order valence-corrected chi connectivity index (χ4v) is 2.04. The molecule has 0 aromatic rings. The van der Waals surface area contributed by atoms with Gasteiger partial charge in [0.1, 0.15) is 0 Å². The van der Waals surface area contributed by atoms with E-state index in [1.807, 2.05) is 0 Å². The summed E-state index contributed by atoms with van der Waals surface area (Å²) in [5, 5.41) is 8.84. The first-order chi connectivity index (χ1) is 7.63. The Morgan fingerprint density at radius 2 is 1.81 bits per heavy atom. The predicted octanol–water partition coefficient (Wildman–Crippen LogP) is 1.12. The van der Waals surface area contributed by atoms with Crippen LogP contribution < -0.4 is 0 Å². The molecule has 0 amide bonds. The van der Waals surface area contributed by atoms with Gasteiger partial charge in [0.2, 0.25) is 0 Å². The molecule has 1 rings (SSSR count). The molecule has 4 nitrogen and oxygen atoms in total. The maximum atomic E-state index is 10.7. The van der Waals surface area contributed by atoms with Crippen LogP contribution in [0.25, 0.3) is 0 Å². The number of hydrogen-bond acceptors (Lipinski definition) is 3. The second kappa shape index (κ2) is 6.86. The van der Waals surface area contributed by atoms with E-state index in [1.165, 1.54) is 19.4 Å². The highest BCUT2D eigenvalue weighted by atomic mass is 16.4. The highest BCUT2D eigenvalue weighted by molar-refractivity contribution is 5.69. The molecule has 1 heterocycles. The molecule has 1 saturated heterocycles. The highest BCUT2D eigenvalue weighted by Gasteiger charge is 2.20. The zero-order chi connectivity index (χ0) is 12.0. The molecule has 0 aromatic heterocycles. The number of carbonyl (C=O) groups is 1.